The Balaban J connectivity index is 2.65. The molecule has 1 aliphatic carbocycles. The van der Waals surface area contributed by atoms with Gasteiger partial charge in [0.15, 0.2) is 11.7 Å². The first-order chi connectivity index (χ1) is 8.20. The lowest BCUT2D eigenvalue weighted by atomic mass is 9.83. The van der Waals surface area contributed by atoms with Crippen molar-refractivity contribution in [2.75, 3.05) is 7.05 Å². The van der Waals surface area contributed by atoms with E-state index in [-0.39, 0.29) is 11.7 Å². The van der Waals surface area contributed by atoms with Crippen LogP contribution < -0.4 is 5.32 Å². The fourth-order valence-electron chi connectivity index (χ4n) is 2.37. The van der Waals surface area contributed by atoms with Crippen molar-refractivity contribution in [3.05, 3.63) is 0 Å². The third-order valence-electron chi connectivity index (χ3n) is 3.43. The zero-order valence-corrected chi connectivity index (χ0v) is 10.4. The van der Waals surface area contributed by atoms with Crippen LogP contribution in [-0.4, -0.2) is 18.7 Å². The maximum atomic E-state index is 12.1. The first kappa shape index (κ1) is 13.7. The maximum Gasteiger partial charge on any atom is 0.244 e. The van der Waals surface area contributed by atoms with E-state index in [1.165, 1.54) is 13.5 Å². The predicted octanol–water partition coefficient (Wildman–Crippen LogP) is 1.80. The van der Waals surface area contributed by atoms with E-state index in [1.807, 2.05) is 6.07 Å². The van der Waals surface area contributed by atoms with Gasteiger partial charge in [-0.25, -0.2) is 0 Å². The molecule has 0 aromatic rings. The molecule has 1 aliphatic rings. The van der Waals surface area contributed by atoms with Crippen LogP contribution in [0.4, 0.5) is 0 Å². The number of ketones is 1. The number of carbonyl (C=O) groups excluding carboxylic acids is 2. The quantitative estimate of drug-likeness (QED) is 0.760. The van der Waals surface area contributed by atoms with Crippen LogP contribution in [-0.2, 0) is 9.59 Å². The van der Waals surface area contributed by atoms with Gasteiger partial charge in [-0.3, -0.25) is 9.59 Å². The maximum absolute atomic E-state index is 12.1. The standard InChI is InChI=1S/C13H20N2O2/c1-15-13(17)11(9-14)12(16)10-7-5-3-2-4-6-8-10/h10-11H,2-8H2,1H3,(H,15,17). The second kappa shape index (κ2) is 7.05. The van der Waals surface area contributed by atoms with Gasteiger partial charge in [-0.2, -0.15) is 5.26 Å². The number of amides is 1. The lowest BCUT2D eigenvalue weighted by molar-refractivity contribution is -0.134. The number of carbonyl (C=O) groups is 2. The summed E-state index contributed by atoms with van der Waals surface area (Å²) in [5.74, 6) is -1.88. The number of Topliss-reactive ketones (excluding diaryl/α,β-unsaturated/α-hetero) is 1. The molecule has 17 heavy (non-hydrogen) atoms. The normalized spacial score (nSPS) is 19.5. The van der Waals surface area contributed by atoms with Crippen LogP contribution in [0.2, 0.25) is 0 Å². The lowest BCUT2D eigenvalue weighted by Crippen LogP contribution is -2.35. The summed E-state index contributed by atoms with van der Waals surface area (Å²) in [4.78, 5) is 23.5. The average Bonchev–Trinajstić information content (AvgIpc) is 2.29. The number of nitrogens with one attached hydrogen (secondary N) is 1. The van der Waals surface area contributed by atoms with Gasteiger partial charge in [-0.15, -0.1) is 0 Å². The summed E-state index contributed by atoms with van der Waals surface area (Å²) in [6, 6.07) is 1.82. The molecule has 1 amide bonds. The summed E-state index contributed by atoms with van der Waals surface area (Å²) in [6.07, 6.45) is 7.26. The highest BCUT2D eigenvalue weighted by Crippen LogP contribution is 2.25. The number of rotatable bonds is 3. The molecule has 0 heterocycles. The van der Waals surface area contributed by atoms with Gasteiger partial charge < -0.3 is 5.32 Å². The summed E-state index contributed by atoms with van der Waals surface area (Å²) < 4.78 is 0. The van der Waals surface area contributed by atoms with Crippen LogP contribution in [0.1, 0.15) is 44.9 Å². The molecule has 1 rings (SSSR count). The fraction of sp³-hybridized carbons (Fsp3) is 0.769. The largest absolute Gasteiger partial charge is 0.358 e. The van der Waals surface area contributed by atoms with Gasteiger partial charge in [0.25, 0.3) is 0 Å². The minimum Gasteiger partial charge on any atom is -0.358 e. The predicted molar refractivity (Wildman–Crippen MR) is 64.0 cm³/mol. The molecule has 0 saturated heterocycles. The third kappa shape index (κ3) is 3.85. The van der Waals surface area contributed by atoms with Crippen molar-refractivity contribution in [1.82, 2.24) is 5.32 Å². The van der Waals surface area contributed by atoms with Crippen LogP contribution >= 0.6 is 0 Å². The minimum absolute atomic E-state index is 0.0998. The molecule has 1 unspecified atom stereocenters. The van der Waals surface area contributed by atoms with E-state index >= 15 is 0 Å². The van der Waals surface area contributed by atoms with Crippen molar-refractivity contribution in [3.63, 3.8) is 0 Å². The summed E-state index contributed by atoms with van der Waals surface area (Å²) in [5, 5.41) is 11.3. The summed E-state index contributed by atoms with van der Waals surface area (Å²) in [5.41, 5.74) is 0. The molecule has 4 heteroatoms. The highest BCUT2D eigenvalue weighted by Gasteiger charge is 2.31. The molecule has 0 spiro atoms. The van der Waals surface area contributed by atoms with Crippen molar-refractivity contribution >= 4 is 11.7 Å². The van der Waals surface area contributed by atoms with Crippen molar-refractivity contribution in [3.8, 4) is 6.07 Å². The van der Waals surface area contributed by atoms with Crippen LogP contribution in [0.5, 0.6) is 0 Å². The average molecular weight is 236 g/mol. The second-order valence-electron chi connectivity index (χ2n) is 4.62. The van der Waals surface area contributed by atoms with Gasteiger partial charge in [0.1, 0.15) is 0 Å². The molecular formula is C13H20N2O2. The van der Waals surface area contributed by atoms with Gasteiger partial charge in [-0.1, -0.05) is 32.1 Å². The van der Waals surface area contributed by atoms with Crippen LogP contribution in [0.15, 0.2) is 0 Å². The third-order valence-corrected chi connectivity index (χ3v) is 3.43. The zero-order chi connectivity index (χ0) is 12.7. The minimum atomic E-state index is -1.12. The van der Waals surface area contributed by atoms with Gasteiger partial charge >= 0.3 is 0 Å². The summed E-state index contributed by atoms with van der Waals surface area (Å²) >= 11 is 0. The molecule has 0 aromatic carbocycles. The van der Waals surface area contributed by atoms with Crippen LogP contribution in [0, 0.1) is 23.2 Å². The Morgan fingerprint density at radius 2 is 1.71 bits per heavy atom. The Labute approximate surface area is 102 Å². The molecule has 1 N–H and O–H groups in total. The fourth-order valence-corrected chi connectivity index (χ4v) is 2.37. The molecule has 0 bridgehead atoms. The molecule has 4 nitrogen and oxygen atoms in total. The lowest BCUT2D eigenvalue weighted by Gasteiger charge is -2.20. The van der Waals surface area contributed by atoms with E-state index in [2.05, 4.69) is 5.32 Å². The van der Waals surface area contributed by atoms with Gasteiger partial charge in [0, 0.05) is 13.0 Å². The van der Waals surface area contributed by atoms with E-state index < -0.39 is 11.8 Å². The van der Waals surface area contributed by atoms with Crippen molar-refractivity contribution < 1.29 is 9.59 Å². The molecule has 1 atom stereocenters. The Bertz CT molecular complexity index is 312. The van der Waals surface area contributed by atoms with Gasteiger partial charge in [0.2, 0.25) is 5.91 Å². The van der Waals surface area contributed by atoms with E-state index in [9.17, 15) is 9.59 Å². The van der Waals surface area contributed by atoms with Crippen molar-refractivity contribution in [2.24, 2.45) is 11.8 Å². The number of nitriles is 1. The van der Waals surface area contributed by atoms with Gasteiger partial charge in [0.05, 0.1) is 6.07 Å². The molecule has 1 saturated carbocycles. The Morgan fingerprint density at radius 3 is 2.18 bits per heavy atom. The first-order valence-corrected chi connectivity index (χ1v) is 6.35. The molecule has 1 fully saturated rings. The highest BCUT2D eigenvalue weighted by atomic mass is 16.2. The molecule has 0 aliphatic heterocycles. The van der Waals surface area contributed by atoms with E-state index in [0.717, 1.165) is 38.5 Å². The van der Waals surface area contributed by atoms with Crippen molar-refractivity contribution in [1.29, 1.82) is 5.26 Å². The Morgan fingerprint density at radius 1 is 1.18 bits per heavy atom. The topological polar surface area (TPSA) is 70.0 Å². The molecule has 0 aromatic heterocycles. The zero-order valence-electron chi connectivity index (χ0n) is 10.4. The van der Waals surface area contributed by atoms with E-state index in [4.69, 9.17) is 5.26 Å². The monoisotopic (exact) mass is 236 g/mol. The number of hydrogen-bond donors (Lipinski definition) is 1. The van der Waals surface area contributed by atoms with Crippen molar-refractivity contribution in [2.45, 2.75) is 44.9 Å². The molecular weight excluding hydrogens is 216 g/mol. The number of nitrogens with zero attached hydrogens (tertiary/aromatic N) is 1. The first-order valence-electron chi connectivity index (χ1n) is 6.35. The SMILES string of the molecule is CNC(=O)C(C#N)C(=O)C1CCCCCCC1. The van der Waals surface area contributed by atoms with E-state index in [1.54, 1.807) is 0 Å². The Kier molecular flexibility index (Phi) is 5.68. The van der Waals surface area contributed by atoms with Crippen LogP contribution in [0.25, 0.3) is 0 Å². The molecule has 0 radical (unpaired) electrons. The van der Waals surface area contributed by atoms with E-state index in [0.29, 0.717) is 0 Å². The highest BCUT2D eigenvalue weighted by molar-refractivity contribution is 6.04. The summed E-state index contributed by atoms with van der Waals surface area (Å²) in [7, 11) is 1.46. The molecule has 94 valence electrons. The Hall–Kier alpha value is -1.37. The summed E-state index contributed by atoms with van der Waals surface area (Å²) in [6.45, 7) is 0. The smallest absolute Gasteiger partial charge is 0.244 e. The van der Waals surface area contributed by atoms with Crippen LogP contribution in [0.3, 0.4) is 0 Å². The van der Waals surface area contributed by atoms with Gasteiger partial charge in [-0.05, 0) is 12.8 Å². The number of hydrogen-bond acceptors (Lipinski definition) is 3. The second-order valence-corrected chi connectivity index (χ2v) is 4.62.